The molecule has 0 N–H and O–H groups in total. The van der Waals surface area contributed by atoms with Crippen LogP contribution in [0.15, 0.2) is 39.6 Å². The number of hydrogen-bond acceptors (Lipinski definition) is 7. The third kappa shape index (κ3) is 2.43. The van der Waals surface area contributed by atoms with Crippen molar-refractivity contribution in [2.75, 3.05) is 6.54 Å². The van der Waals surface area contributed by atoms with Crippen LogP contribution in [0.25, 0.3) is 21.3 Å². The first-order valence-corrected chi connectivity index (χ1v) is 9.79. The van der Waals surface area contributed by atoms with Gasteiger partial charge >= 0.3 is 0 Å². The van der Waals surface area contributed by atoms with E-state index in [1.54, 1.807) is 17.5 Å². The van der Waals surface area contributed by atoms with E-state index < -0.39 is 0 Å². The van der Waals surface area contributed by atoms with E-state index in [1.807, 2.05) is 35.2 Å². The molecule has 0 amide bonds. The van der Waals surface area contributed by atoms with Crippen LogP contribution in [0.3, 0.4) is 0 Å². The van der Waals surface area contributed by atoms with Crippen molar-refractivity contribution < 1.29 is 0 Å². The molecule has 0 spiro atoms. The summed E-state index contributed by atoms with van der Waals surface area (Å²) >= 11 is 2.98. The van der Waals surface area contributed by atoms with Gasteiger partial charge in [0.05, 0.1) is 29.7 Å². The minimum Gasteiger partial charge on any atom is -0.323 e. The zero-order chi connectivity index (χ0) is 17.7. The van der Waals surface area contributed by atoms with Crippen molar-refractivity contribution in [1.82, 2.24) is 23.7 Å². The molecule has 5 heterocycles. The molecule has 0 bridgehead atoms. The summed E-state index contributed by atoms with van der Waals surface area (Å²) in [4.78, 5) is 22.1. The predicted octanol–water partition coefficient (Wildman–Crippen LogP) is 2.40. The third-order valence-electron chi connectivity index (χ3n) is 4.42. The van der Waals surface area contributed by atoms with Crippen molar-refractivity contribution in [2.24, 2.45) is 12.0 Å². The van der Waals surface area contributed by atoms with Gasteiger partial charge in [0.25, 0.3) is 5.56 Å². The first-order chi connectivity index (χ1) is 12.7. The summed E-state index contributed by atoms with van der Waals surface area (Å²) in [5, 5.41) is 8.11. The Kier molecular flexibility index (Phi) is 3.57. The van der Waals surface area contributed by atoms with Crippen LogP contribution in [-0.2, 0) is 20.0 Å². The molecule has 0 aliphatic carbocycles. The van der Waals surface area contributed by atoms with Crippen LogP contribution < -0.4 is 5.56 Å². The maximum absolute atomic E-state index is 12.9. The number of aliphatic imine (C=N–C) groups is 1. The zero-order valence-electron chi connectivity index (χ0n) is 13.9. The smallest absolute Gasteiger partial charge is 0.291 e. The summed E-state index contributed by atoms with van der Waals surface area (Å²) in [6, 6.07) is 1.90. The van der Waals surface area contributed by atoms with Crippen molar-refractivity contribution in [2.45, 2.75) is 13.0 Å². The highest BCUT2D eigenvalue weighted by Crippen LogP contribution is 2.31. The molecule has 7 nitrogen and oxygen atoms in total. The molecule has 4 aromatic heterocycles. The zero-order valence-corrected chi connectivity index (χ0v) is 15.5. The number of aromatic nitrogens is 5. The fourth-order valence-corrected chi connectivity index (χ4v) is 4.83. The second-order valence-corrected chi connectivity index (χ2v) is 7.84. The molecule has 9 heteroatoms. The molecule has 0 fully saturated rings. The number of rotatable bonds is 4. The SMILES string of the molecule is Cn1c2nc(CC3=NCC=C3)sc2c2cnn(Cc3ccsn3)c(=O)c21. The van der Waals surface area contributed by atoms with Crippen LogP contribution in [-0.4, -0.2) is 36.0 Å². The van der Waals surface area contributed by atoms with Gasteiger partial charge in [-0.25, -0.2) is 9.67 Å². The average Bonchev–Trinajstić information content (AvgIpc) is 3.39. The van der Waals surface area contributed by atoms with Gasteiger partial charge in [0.2, 0.25) is 0 Å². The number of allylic oxidation sites excluding steroid dienone is 1. The monoisotopic (exact) mass is 382 g/mol. The van der Waals surface area contributed by atoms with Crippen molar-refractivity contribution in [3.05, 3.63) is 50.9 Å². The van der Waals surface area contributed by atoms with E-state index in [9.17, 15) is 4.79 Å². The summed E-state index contributed by atoms with van der Waals surface area (Å²) in [7, 11) is 1.88. The third-order valence-corrected chi connectivity index (χ3v) is 6.09. The highest BCUT2D eigenvalue weighted by atomic mass is 32.1. The van der Waals surface area contributed by atoms with Gasteiger partial charge in [-0.05, 0) is 23.7 Å². The second-order valence-electron chi connectivity index (χ2n) is 6.09. The molecule has 26 heavy (non-hydrogen) atoms. The Hall–Kier alpha value is -2.65. The standard InChI is InChI=1S/C17H14N6OS2/c1-22-14-12(8-19-23(17(14)24)9-11-4-6-25-21-11)15-16(22)20-13(26-15)7-10-3-2-5-18-10/h2-4,6,8H,5,7,9H2,1H3. The van der Waals surface area contributed by atoms with Gasteiger partial charge in [0.1, 0.15) is 10.5 Å². The predicted molar refractivity (Wildman–Crippen MR) is 105 cm³/mol. The van der Waals surface area contributed by atoms with E-state index in [0.29, 0.717) is 12.1 Å². The fourth-order valence-electron chi connectivity index (χ4n) is 3.17. The first-order valence-electron chi connectivity index (χ1n) is 8.14. The van der Waals surface area contributed by atoms with Crippen molar-refractivity contribution in [3.63, 3.8) is 0 Å². The Labute approximate surface area is 156 Å². The lowest BCUT2D eigenvalue weighted by Crippen LogP contribution is -2.24. The van der Waals surface area contributed by atoms with E-state index in [1.165, 1.54) is 16.2 Å². The maximum atomic E-state index is 12.9. The summed E-state index contributed by atoms with van der Waals surface area (Å²) < 4.78 is 8.59. The molecule has 1 aliphatic rings. The summed E-state index contributed by atoms with van der Waals surface area (Å²) in [6.07, 6.45) is 6.59. The minimum absolute atomic E-state index is 0.118. The molecular weight excluding hydrogens is 368 g/mol. The van der Waals surface area contributed by atoms with Gasteiger partial charge < -0.3 is 4.57 Å². The van der Waals surface area contributed by atoms with Crippen LogP contribution in [0.2, 0.25) is 0 Å². The molecule has 0 radical (unpaired) electrons. The first kappa shape index (κ1) is 15.6. The van der Waals surface area contributed by atoms with Crippen LogP contribution in [0, 0.1) is 0 Å². The van der Waals surface area contributed by atoms with Crippen LogP contribution in [0.5, 0.6) is 0 Å². The lowest BCUT2D eigenvalue weighted by atomic mass is 10.3. The van der Waals surface area contributed by atoms with E-state index in [4.69, 9.17) is 4.98 Å². The largest absolute Gasteiger partial charge is 0.323 e. The van der Waals surface area contributed by atoms with Crippen LogP contribution in [0.4, 0.5) is 0 Å². The van der Waals surface area contributed by atoms with Gasteiger partial charge in [-0.3, -0.25) is 9.79 Å². The van der Waals surface area contributed by atoms with Crippen molar-refractivity contribution >= 4 is 49.8 Å². The van der Waals surface area contributed by atoms with Crippen LogP contribution in [0.1, 0.15) is 10.7 Å². The maximum Gasteiger partial charge on any atom is 0.291 e. The number of thiazole rings is 1. The number of aryl methyl sites for hydroxylation is 1. The Morgan fingerprint density at radius 3 is 3.04 bits per heavy atom. The fraction of sp³-hybridized carbons (Fsp3) is 0.235. The highest BCUT2D eigenvalue weighted by molar-refractivity contribution is 7.19. The lowest BCUT2D eigenvalue weighted by molar-refractivity contribution is 0.637. The number of hydrogen-bond donors (Lipinski definition) is 0. The summed E-state index contributed by atoms with van der Waals surface area (Å²) in [5.74, 6) is 0. The molecule has 5 rings (SSSR count). The highest BCUT2D eigenvalue weighted by Gasteiger charge is 2.19. The van der Waals surface area contributed by atoms with Gasteiger partial charge in [0, 0.05) is 29.9 Å². The van der Waals surface area contributed by atoms with E-state index in [2.05, 4.69) is 14.5 Å². The lowest BCUT2D eigenvalue weighted by Gasteiger charge is -2.03. The van der Waals surface area contributed by atoms with E-state index in [-0.39, 0.29) is 5.56 Å². The van der Waals surface area contributed by atoms with Gasteiger partial charge in [-0.2, -0.15) is 9.47 Å². The van der Waals surface area contributed by atoms with Gasteiger partial charge in [-0.1, -0.05) is 6.08 Å². The Balaban J connectivity index is 1.61. The summed E-state index contributed by atoms with van der Waals surface area (Å²) in [5.41, 5.74) is 3.23. The molecular formula is C17H14N6OS2. The Morgan fingerprint density at radius 1 is 1.35 bits per heavy atom. The van der Waals surface area contributed by atoms with Crippen molar-refractivity contribution in [3.8, 4) is 0 Å². The summed E-state index contributed by atoms with van der Waals surface area (Å²) in [6.45, 7) is 1.13. The second kappa shape index (κ2) is 5.96. The van der Waals surface area contributed by atoms with Gasteiger partial charge in [-0.15, -0.1) is 11.3 Å². The Bertz CT molecular complexity index is 1240. The molecule has 0 unspecified atom stereocenters. The Morgan fingerprint density at radius 2 is 2.27 bits per heavy atom. The molecule has 0 saturated heterocycles. The quantitative estimate of drug-likeness (QED) is 0.543. The number of nitrogens with zero attached hydrogens (tertiary/aromatic N) is 6. The van der Waals surface area contributed by atoms with Gasteiger partial charge in [0.15, 0.2) is 5.65 Å². The molecule has 0 aromatic carbocycles. The molecule has 0 saturated carbocycles. The topological polar surface area (TPSA) is 78.0 Å². The minimum atomic E-state index is -0.118. The number of fused-ring (bicyclic) bond motifs is 3. The van der Waals surface area contributed by atoms with E-state index >= 15 is 0 Å². The van der Waals surface area contributed by atoms with Crippen LogP contribution >= 0.6 is 22.9 Å². The molecule has 0 atom stereocenters. The van der Waals surface area contributed by atoms with Crippen molar-refractivity contribution in [1.29, 1.82) is 0 Å². The normalized spacial score (nSPS) is 14.0. The molecule has 130 valence electrons. The molecule has 1 aliphatic heterocycles. The molecule has 4 aromatic rings. The average molecular weight is 382 g/mol. The van der Waals surface area contributed by atoms with E-state index in [0.717, 1.165) is 45.1 Å².